The van der Waals surface area contributed by atoms with Gasteiger partial charge >= 0.3 is 5.97 Å². The number of aliphatic carboxylic acids is 1. The van der Waals surface area contributed by atoms with Crippen molar-refractivity contribution in [3.05, 3.63) is 59.7 Å². The van der Waals surface area contributed by atoms with Crippen LogP contribution in [0.4, 0.5) is 0 Å². The predicted octanol–water partition coefficient (Wildman–Crippen LogP) is 0.664. The fourth-order valence-corrected chi connectivity index (χ4v) is 3.51. The highest BCUT2D eigenvalue weighted by molar-refractivity contribution is 6.00. The lowest BCUT2D eigenvalue weighted by Gasteiger charge is -2.38. The van der Waals surface area contributed by atoms with Gasteiger partial charge in [-0.15, -0.1) is 0 Å². The summed E-state index contributed by atoms with van der Waals surface area (Å²) in [6.07, 6.45) is -8.88. The van der Waals surface area contributed by atoms with Gasteiger partial charge < -0.3 is 34.6 Å². The zero-order valence-electron chi connectivity index (χ0n) is 15.6. The van der Waals surface area contributed by atoms with E-state index in [2.05, 4.69) is 0 Å². The maximum absolute atomic E-state index is 12.5. The standard InChI is InChI=1S/C21H20O9/c22-13-9-14(10-4-2-1-3-5-10)29-15-8-11(6-7-12(13)15)28-21-18(25)16(23)17(24)19(30-21)20(26)27/h1-8,14,16-19,21,23-25H,9H2,(H,26,27)/t14?,16-,17-,18+,19-,21+/m0/s1. The average Bonchev–Trinajstić information content (AvgIpc) is 2.74. The van der Waals surface area contributed by atoms with Crippen molar-refractivity contribution < 1.29 is 44.2 Å². The second-order valence-corrected chi connectivity index (χ2v) is 7.16. The first kappa shape index (κ1) is 20.3. The van der Waals surface area contributed by atoms with Crippen LogP contribution in [0.5, 0.6) is 11.5 Å². The van der Waals surface area contributed by atoms with Crippen molar-refractivity contribution in [1.82, 2.24) is 0 Å². The molecule has 2 aromatic carbocycles. The Bertz CT molecular complexity index is 945. The van der Waals surface area contributed by atoms with Crippen molar-refractivity contribution in [2.24, 2.45) is 0 Å². The van der Waals surface area contributed by atoms with Crippen molar-refractivity contribution in [3.63, 3.8) is 0 Å². The van der Waals surface area contributed by atoms with Crippen LogP contribution in [0.25, 0.3) is 0 Å². The van der Waals surface area contributed by atoms with Gasteiger partial charge in [0.25, 0.3) is 0 Å². The van der Waals surface area contributed by atoms with E-state index < -0.39 is 42.8 Å². The molecule has 9 heteroatoms. The van der Waals surface area contributed by atoms with E-state index in [1.54, 1.807) is 0 Å². The number of ether oxygens (including phenoxy) is 3. The van der Waals surface area contributed by atoms with Crippen LogP contribution in [0.15, 0.2) is 48.5 Å². The lowest BCUT2D eigenvalue weighted by Crippen LogP contribution is -2.61. The molecule has 1 saturated heterocycles. The molecule has 1 fully saturated rings. The smallest absolute Gasteiger partial charge is 0.335 e. The van der Waals surface area contributed by atoms with E-state index in [-0.39, 0.29) is 23.7 Å². The quantitative estimate of drug-likeness (QED) is 0.565. The van der Waals surface area contributed by atoms with E-state index in [1.165, 1.54) is 18.2 Å². The van der Waals surface area contributed by atoms with Crippen molar-refractivity contribution in [2.45, 2.75) is 43.2 Å². The van der Waals surface area contributed by atoms with Crippen molar-refractivity contribution in [1.29, 1.82) is 0 Å². The first-order chi connectivity index (χ1) is 14.3. The molecule has 0 aliphatic carbocycles. The SMILES string of the molecule is O=C1CC(c2ccccc2)Oc2cc(O[C@@H]3O[C@H](C(=O)O)[C@@H](O)[C@H](O)[C@H]3O)ccc21. The molecule has 0 spiro atoms. The minimum atomic E-state index is -1.81. The minimum Gasteiger partial charge on any atom is -0.484 e. The summed E-state index contributed by atoms with van der Waals surface area (Å²) in [6, 6.07) is 13.7. The third kappa shape index (κ3) is 3.75. The minimum absolute atomic E-state index is 0.102. The zero-order valence-corrected chi connectivity index (χ0v) is 15.6. The second-order valence-electron chi connectivity index (χ2n) is 7.16. The number of carbonyl (C=O) groups excluding carboxylic acids is 1. The summed E-state index contributed by atoms with van der Waals surface area (Å²) in [5, 5.41) is 38.9. The van der Waals surface area contributed by atoms with Gasteiger partial charge in [-0.05, 0) is 17.7 Å². The molecule has 0 saturated carbocycles. The third-order valence-electron chi connectivity index (χ3n) is 5.13. The number of fused-ring (bicyclic) bond motifs is 1. The van der Waals surface area contributed by atoms with Gasteiger partial charge in [0.1, 0.15) is 35.9 Å². The summed E-state index contributed by atoms with van der Waals surface area (Å²) in [4.78, 5) is 23.7. The normalized spacial score (nSPS) is 30.8. The Morgan fingerprint density at radius 2 is 1.73 bits per heavy atom. The fourth-order valence-electron chi connectivity index (χ4n) is 3.51. The highest BCUT2D eigenvalue weighted by Gasteiger charge is 2.48. The zero-order chi connectivity index (χ0) is 21.4. The number of Topliss-reactive ketones (excluding diaryl/α,β-unsaturated/α-hetero) is 1. The van der Waals surface area contributed by atoms with Gasteiger partial charge in [-0.3, -0.25) is 4.79 Å². The van der Waals surface area contributed by atoms with Crippen molar-refractivity contribution >= 4 is 11.8 Å². The van der Waals surface area contributed by atoms with Crippen LogP contribution in [0.3, 0.4) is 0 Å². The Labute approximate surface area is 171 Å². The number of hydrogen-bond donors (Lipinski definition) is 4. The summed E-state index contributed by atoms with van der Waals surface area (Å²) in [7, 11) is 0. The first-order valence-corrected chi connectivity index (χ1v) is 9.33. The topological polar surface area (TPSA) is 143 Å². The highest BCUT2D eigenvalue weighted by atomic mass is 16.7. The van der Waals surface area contributed by atoms with E-state index in [0.717, 1.165) is 5.56 Å². The number of aliphatic hydroxyl groups is 3. The van der Waals surface area contributed by atoms with E-state index in [4.69, 9.17) is 19.3 Å². The second kappa shape index (κ2) is 8.04. The molecule has 0 radical (unpaired) electrons. The number of rotatable bonds is 4. The van der Waals surface area contributed by atoms with Gasteiger partial charge in [0, 0.05) is 6.07 Å². The highest BCUT2D eigenvalue weighted by Crippen LogP contribution is 2.37. The van der Waals surface area contributed by atoms with Crippen LogP contribution in [0, 0.1) is 0 Å². The molecule has 0 bridgehead atoms. The summed E-state index contributed by atoms with van der Waals surface area (Å²) in [5.41, 5.74) is 1.22. The fraction of sp³-hybridized carbons (Fsp3) is 0.333. The van der Waals surface area contributed by atoms with Crippen molar-refractivity contribution in [3.8, 4) is 11.5 Å². The Hall–Kier alpha value is -2.98. The number of benzene rings is 2. The molecule has 9 nitrogen and oxygen atoms in total. The Morgan fingerprint density at radius 1 is 1.00 bits per heavy atom. The number of carboxylic acid groups (broad SMARTS) is 1. The van der Waals surface area contributed by atoms with Crippen LogP contribution in [-0.2, 0) is 9.53 Å². The van der Waals surface area contributed by atoms with Gasteiger partial charge in [0.15, 0.2) is 11.9 Å². The van der Waals surface area contributed by atoms with E-state index >= 15 is 0 Å². The molecule has 2 aliphatic heterocycles. The summed E-state index contributed by atoms with van der Waals surface area (Å²) >= 11 is 0. The van der Waals surface area contributed by atoms with Crippen LogP contribution in [0.1, 0.15) is 28.4 Å². The van der Waals surface area contributed by atoms with Gasteiger partial charge in [0.05, 0.1) is 12.0 Å². The van der Waals surface area contributed by atoms with Crippen LogP contribution in [-0.4, -0.2) is 62.9 Å². The number of ketones is 1. The molecule has 4 rings (SSSR count). The largest absolute Gasteiger partial charge is 0.484 e. The number of carboxylic acids is 1. The molecular weight excluding hydrogens is 396 g/mol. The van der Waals surface area contributed by atoms with Gasteiger partial charge in [-0.25, -0.2) is 4.79 Å². The molecule has 2 aromatic rings. The molecule has 0 amide bonds. The van der Waals surface area contributed by atoms with E-state index in [1.807, 2.05) is 30.3 Å². The van der Waals surface area contributed by atoms with Gasteiger partial charge in [-0.2, -0.15) is 0 Å². The van der Waals surface area contributed by atoms with Crippen molar-refractivity contribution in [2.75, 3.05) is 0 Å². The average molecular weight is 416 g/mol. The third-order valence-corrected chi connectivity index (χ3v) is 5.13. The lowest BCUT2D eigenvalue weighted by molar-refractivity contribution is -0.271. The molecule has 0 aromatic heterocycles. The number of carbonyl (C=O) groups is 2. The van der Waals surface area contributed by atoms with Crippen LogP contribution >= 0.6 is 0 Å². The molecule has 2 heterocycles. The molecular formula is C21H20O9. The van der Waals surface area contributed by atoms with Gasteiger partial charge in [-0.1, -0.05) is 30.3 Å². The van der Waals surface area contributed by atoms with Crippen LogP contribution < -0.4 is 9.47 Å². The Morgan fingerprint density at radius 3 is 2.43 bits per heavy atom. The first-order valence-electron chi connectivity index (χ1n) is 9.33. The molecule has 1 unspecified atom stereocenters. The monoisotopic (exact) mass is 416 g/mol. The van der Waals surface area contributed by atoms with E-state index in [9.17, 15) is 24.9 Å². The number of aliphatic hydroxyl groups excluding tert-OH is 3. The summed E-state index contributed by atoms with van der Waals surface area (Å²) in [5.74, 6) is -1.20. The molecule has 6 atom stereocenters. The maximum Gasteiger partial charge on any atom is 0.335 e. The molecule has 2 aliphatic rings. The van der Waals surface area contributed by atoms with Crippen LogP contribution in [0.2, 0.25) is 0 Å². The predicted molar refractivity (Wildman–Crippen MR) is 100 cm³/mol. The summed E-state index contributed by atoms with van der Waals surface area (Å²) < 4.78 is 16.6. The van der Waals surface area contributed by atoms with E-state index in [0.29, 0.717) is 5.56 Å². The van der Waals surface area contributed by atoms with Gasteiger partial charge in [0.2, 0.25) is 6.29 Å². The Balaban J connectivity index is 1.56. The maximum atomic E-state index is 12.5. The Kier molecular flexibility index (Phi) is 5.44. The number of hydrogen-bond acceptors (Lipinski definition) is 8. The summed E-state index contributed by atoms with van der Waals surface area (Å²) in [6.45, 7) is 0. The molecule has 4 N–H and O–H groups in total. The molecule has 158 valence electrons. The lowest BCUT2D eigenvalue weighted by atomic mass is 9.96. The molecule has 30 heavy (non-hydrogen) atoms.